The average Bonchev–Trinajstić information content (AvgIpc) is 3.66. The molecule has 0 saturated heterocycles. The third kappa shape index (κ3) is 5.25. The van der Waals surface area contributed by atoms with E-state index in [4.69, 9.17) is 10.7 Å². The number of fused-ring (bicyclic) bond motifs is 1. The first kappa shape index (κ1) is 27.5. The number of carbonyl (C=O) groups excluding carboxylic acids is 1. The number of para-hydroxylation sites is 1. The molecule has 0 fully saturated rings. The van der Waals surface area contributed by atoms with Gasteiger partial charge in [-0.15, -0.1) is 11.3 Å². The number of nitrogens with zero attached hydrogens (tertiary/aromatic N) is 7. The van der Waals surface area contributed by atoms with Crippen molar-refractivity contribution in [3.63, 3.8) is 0 Å². The Morgan fingerprint density at radius 1 is 1.00 bits per heavy atom. The first-order valence-electron chi connectivity index (χ1n) is 13.3. The fraction of sp³-hybridized carbons (Fsp3) is 0.129. The summed E-state index contributed by atoms with van der Waals surface area (Å²) in [6, 6.07) is 13.8. The van der Waals surface area contributed by atoms with Crippen LogP contribution in [0, 0.1) is 18.8 Å². The molecule has 0 aliphatic rings. The Morgan fingerprint density at radius 3 is 2.51 bits per heavy atom. The van der Waals surface area contributed by atoms with Crippen molar-refractivity contribution in [1.82, 2.24) is 39.6 Å². The van der Waals surface area contributed by atoms with E-state index in [1.54, 1.807) is 59.0 Å². The lowest BCUT2D eigenvalue weighted by Crippen LogP contribution is -2.34. The summed E-state index contributed by atoms with van der Waals surface area (Å²) in [5.74, 6) is 6.02. The van der Waals surface area contributed by atoms with E-state index in [1.807, 2.05) is 32.2 Å². The average molecular weight is 588 g/mol. The second kappa shape index (κ2) is 11.3. The molecule has 6 rings (SSSR count). The number of nitrogens with two attached hydrogens (primary N) is 1. The molecule has 0 saturated carbocycles. The maximum Gasteiger partial charge on any atom is 0.274 e. The molecule has 0 radical (unpaired) electrons. The first-order valence-corrected chi connectivity index (χ1v) is 14.2. The highest BCUT2D eigenvalue weighted by atomic mass is 32.1. The van der Waals surface area contributed by atoms with Gasteiger partial charge in [0.1, 0.15) is 17.2 Å². The standard InChI is InChI=1S/C31H25N9O2S/c1-18(36-30(41)27-28(32)33-15-24(37-27)25-16-43-17-34-25)29-38-23-11-7-8-20(12-13-21-14-35-39(3)19(21)2)26(23)31(42)40(29)22-9-5-4-6-10-22/h4-11,14-18H,1-3H3,(H2,32,33)(H,36,41)/t18-/m0/s1. The summed E-state index contributed by atoms with van der Waals surface area (Å²) in [5.41, 5.74) is 11.6. The van der Waals surface area contributed by atoms with Gasteiger partial charge in [0.25, 0.3) is 11.5 Å². The fourth-order valence-corrected chi connectivity index (χ4v) is 5.13. The third-order valence-corrected chi connectivity index (χ3v) is 7.54. The van der Waals surface area contributed by atoms with E-state index in [2.05, 4.69) is 37.2 Å². The number of thiazole rings is 1. The molecule has 6 aromatic rings. The van der Waals surface area contributed by atoms with E-state index in [0.717, 1.165) is 11.3 Å². The van der Waals surface area contributed by atoms with E-state index in [0.29, 0.717) is 39.4 Å². The molecule has 0 bridgehead atoms. The van der Waals surface area contributed by atoms with Crippen LogP contribution in [0.3, 0.4) is 0 Å². The minimum Gasteiger partial charge on any atom is -0.382 e. The molecule has 11 nitrogen and oxygen atoms in total. The van der Waals surface area contributed by atoms with Gasteiger partial charge in [0.2, 0.25) is 0 Å². The summed E-state index contributed by atoms with van der Waals surface area (Å²) in [5, 5.41) is 9.32. The molecule has 1 atom stereocenters. The second-order valence-electron chi connectivity index (χ2n) is 9.72. The highest BCUT2D eigenvalue weighted by Gasteiger charge is 2.23. The van der Waals surface area contributed by atoms with Gasteiger partial charge in [-0.05, 0) is 38.1 Å². The summed E-state index contributed by atoms with van der Waals surface area (Å²) in [7, 11) is 1.85. The largest absolute Gasteiger partial charge is 0.382 e. The molecule has 0 aliphatic carbocycles. The molecule has 0 unspecified atom stereocenters. The SMILES string of the molecule is Cc1c(C#Cc2cccc3nc([C@H](C)NC(=O)c4nc(-c5cscn5)cnc4N)n(-c4ccccc4)c(=O)c23)cnn1C. The van der Waals surface area contributed by atoms with Gasteiger partial charge < -0.3 is 11.1 Å². The topological polar surface area (TPSA) is 146 Å². The van der Waals surface area contributed by atoms with Crippen molar-refractivity contribution >= 4 is 34.0 Å². The van der Waals surface area contributed by atoms with Gasteiger partial charge in [-0.25, -0.2) is 19.9 Å². The number of amides is 1. The molecular weight excluding hydrogens is 562 g/mol. The number of rotatable bonds is 5. The zero-order valence-electron chi connectivity index (χ0n) is 23.4. The Morgan fingerprint density at radius 2 is 1.79 bits per heavy atom. The predicted molar refractivity (Wildman–Crippen MR) is 165 cm³/mol. The number of aromatic nitrogens is 7. The zero-order chi connectivity index (χ0) is 30.1. The van der Waals surface area contributed by atoms with E-state index in [1.165, 1.54) is 22.1 Å². The van der Waals surface area contributed by atoms with Crippen LogP contribution in [0.1, 0.15) is 46.1 Å². The summed E-state index contributed by atoms with van der Waals surface area (Å²) in [4.78, 5) is 45.3. The molecule has 0 spiro atoms. The van der Waals surface area contributed by atoms with Crippen LogP contribution in [0.15, 0.2) is 76.6 Å². The summed E-state index contributed by atoms with van der Waals surface area (Å²) < 4.78 is 3.24. The van der Waals surface area contributed by atoms with Crippen molar-refractivity contribution in [1.29, 1.82) is 0 Å². The summed E-state index contributed by atoms with van der Waals surface area (Å²) in [6.07, 6.45) is 3.17. The Balaban J connectivity index is 1.44. The highest BCUT2D eigenvalue weighted by Crippen LogP contribution is 2.22. The van der Waals surface area contributed by atoms with E-state index >= 15 is 0 Å². The van der Waals surface area contributed by atoms with Gasteiger partial charge in [-0.3, -0.25) is 18.8 Å². The number of nitrogens with one attached hydrogen (secondary N) is 1. The Labute approximate surface area is 250 Å². The monoisotopic (exact) mass is 587 g/mol. The van der Waals surface area contributed by atoms with Crippen molar-refractivity contribution in [2.24, 2.45) is 7.05 Å². The van der Waals surface area contributed by atoms with Crippen molar-refractivity contribution in [3.8, 4) is 28.9 Å². The van der Waals surface area contributed by atoms with Crippen LogP contribution < -0.4 is 16.6 Å². The van der Waals surface area contributed by atoms with Gasteiger partial charge >= 0.3 is 0 Å². The molecule has 43 heavy (non-hydrogen) atoms. The van der Waals surface area contributed by atoms with Gasteiger partial charge in [-0.1, -0.05) is 36.1 Å². The third-order valence-electron chi connectivity index (χ3n) is 6.95. The minimum atomic E-state index is -0.721. The van der Waals surface area contributed by atoms with E-state index in [9.17, 15) is 9.59 Å². The summed E-state index contributed by atoms with van der Waals surface area (Å²) >= 11 is 1.40. The van der Waals surface area contributed by atoms with Crippen molar-refractivity contribution in [2.45, 2.75) is 19.9 Å². The molecule has 3 N–H and O–H groups in total. The molecule has 0 aliphatic heterocycles. The maximum absolute atomic E-state index is 14.2. The lowest BCUT2D eigenvalue weighted by Gasteiger charge is -2.20. The van der Waals surface area contributed by atoms with Crippen LogP contribution in [0.25, 0.3) is 28.0 Å². The number of benzene rings is 2. The molecule has 4 heterocycles. The molecule has 4 aromatic heterocycles. The van der Waals surface area contributed by atoms with Crippen molar-refractivity contribution < 1.29 is 4.79 Å². The normalized spacial score (nSPS) is 11.6. The minimum absolute atomic E-state index is 0.0253. The quantitative estimate of drug-likeness (QED) is 0.290. The highest BCUT2D eigenvalue weighted by molar-refractivity contribution is 7.07. The van der Waals surface area contributed by atoms with Gasteiger partial charge in [-0.2, -0.15) is 5.10 Å². The Kier molecular flexibility index (Phi) is 7.23. The summed E-state index contributed by atoms with van der Waals surface area (Å²) in [6.45, 7) is 3.67. The molecular formula is C31H25N9O2S. The number of carbonyl (C=O) groups is 1. The molecule has 2 aromatic carbocycles. The van der Waals surface area contributed by atoms with E-state index < -0.39 is 11.9 Å². The fourth-order valence-electron chi connectivity index (χ4n) is 4.58. The Hall–Kier alpha value is -5.67. The lowest BCUT2D eigenvalue weighted by atomic mass is 10.1. The van der Waals surface area contributed by atoms with Crippen molar-refractivity contribution in [2.75, 3.05) is 5.73 Å². The predicted octanol–water partition coefficient (Wildman–Crippen LogP) is 3.81. The second-order valence-corrected chi connectivity index (χ2v) is 10.4. The Bertz CT molecular complexity index is 2110. The number of aryl methyl sites for hydroxylation is 1. The van der Waals surface area contributed by atoms with Gasteiger partial charge in [0.05, 0.1) is 51.8 Å². The van der Waals surface area contributed by atoms with Crippen molar-refractivity contribution in [3.05, 3.63) is 111 Å². The van der Waals surface area contributed by atoms with Crippen LogP contribution >= 0.6 is 11.3 Å². The van der Waals surface area contributed by atoms with Crippen LogP contribution in [0.2, 0.25) is 0 Å². The number of hydrogen-bond donors (Lipinski definition) is 2. The van der Waals surface area contributed by atoms with Gasteiger partial charge in [0, 0.05) is 18.0 Å². The smallest absolute Gasteiger partial charge is 0.274 e. The first-order chi connectivity index (χ1) is 20.8. The van der Waals surface area contributed by atoms with Crippen LogP contribution in [-0.2, 0) is 7.05 Å². The lowest BCUT2D eigenvalue weighted by molar-refractivity contribution is 0.0933. The van der Waals surface area contributed by atoms with E-state index in [-0.39, 0.29) is 17.1 Å². The van der Waals surface area contributed by atoms with Crippen LogP contribution in [-0.4, -0.2) is 40.2 Å². The molecule has 212 valence electrons. The number of anilines is 1. The van der Waals surface area contributed by atoms with Crippen LogP contribution in [0.4, 0.5) is 5.82 Å². The number of nitrogen functional groups attached to an aromatic ring is 1. The zero-order valence-corrected chi connectivity index (χ0v) is 24.3. The molecule has 1 amide bonds. The number of hydrogen-bond acceptors (Lipinski definition) is 9. The molecule has 12 heteroatoms. The maximum atomic E-state index is 14.2. The van der Waals surface area contributed by atoms with Crippen LogP contribution in [0.5, 0.6) is 0 Å². The van der Waals surface area contributed by atoms with Gasteiger partial charge in [0.15, 0.2) is 11.5 Å².